The molecule has 1 aromatic heterocycles. The maximum atomic E-state index is 13.9. The summed E-state index contributed by atoms with van der Waals surface area (Å²) >= 11 is 5.62. The van der Waals surface area contributed by atoms with Crippen molar-refractivity contribution in [2.24, 2.45) is 0 Å². The molecular formula is C15H12ClFN2O. The van der Waals surface area contributed by atoms with Crippen LogP contribution in [0, 0.1) is 5.82 Å². The summed E-state index contributed by atoms with van der Waals surface area (Å²) in [5.74, 6) is -1.10. The van der Waals surface area contributed by atoms with Gasteiger partial charge in [-0.15, -0.1) is 0 Å². The molecule has 0 aliphatic carbocycles. The minimum atomic E-state index is -0.752. The number of halogens is 2. The van der Waals surface area contributed by atoms with E-state index >= 15 is 0 Å². The monoisotopic (exact) mass is 290 g/mol. The van der Waals surface area contributed by atoms with Gasteiger partial charge in [0.2, 0.25) is 0 Å². The first-order chi connectivity index (χ1) is 9.66. The Balaban J connectivity index is 1.88. The molecule has 0 saturated heterocycles. The molecule has 0 N–H and O–H groups in total. The number of amides is 1. The fraction of sp³-hybridized carbons (Fsp3) is 0.200. The van der Waals surface area contributed by atoms with Crippen LogP contribution in [0.15, 0.2) is 36.5 Å². The molecule has 20 heavy (non-hydrogen) atoms. The van der Waals surface area contributed by atoms with E-state index in [0.29, 0.717) is 13.1 Å². The summed E-state index contributed by atoms with van der Waals surface area (Å²) in [7, 11) is 0. The van der Waals surface area contributed by atoms with Crippen LogP contribution in [0.2, 0.25) is 5.15 Å². The number of hydrogen-bond acceptors (Lipinski definition) is 2. The minimum absolute atomic E-state index is 0.0237. The first kappa shape index (κ1) is 13.1. The number of carbonyl (C=O) groups excluding carboxylic acids is 1. The summed E-state index contributed by atoms with van der Waals surface area (Å²) in [6.45, 7) is 1.07. The lowest BCUT2D eigenvalue weighted by Gasteiger charge is -2.29. The normalized spacial score (nSPS) is 14.0. The molecule has 0 bridgehead atoms. The highest BCUT2D eigenvalue weighted by atomic mass is 35.5. The van der Waals surface area contributed by atoms with Gasteiger partial charge in [-0.25, -0.2) is 9.37 Å². The van der Waals surface area contributed by atoms with Crippen LogP contribution in [0.5, 0.6) is 0 Å². The van der Waals surface area contributed by atoms with Crippen molar-refractivity contribution < 1.29 is 9.18 Å². The largest absolute Gasteiger partial charge is 0.334 e. The van der Waals surface area contributed by atoms with E-state index in [0.717, 1.165) is 12.0 Å². The maximum absolute atomic E-state index is 13.9. The molecule has 1 aliphatic heterocycles. The van der Waals surface area contributed by atoms with Gasteiger partial charge in [0.25, 0.3) is 5.91 Å². The summed E-state index contributed by atoms with van der Waals surface area (Å²) in [6.07, 6.45) is 2.12. The first-order valence-electron chi connectivity index (χ1n) is 6.33. The molecule has 0 fully saturated rings. The number of pyridine rings is 1. The van der Waals surface area contributed by atoms with E-state index in [2.05, 4.69) is 11.1 Å². The van der Waals surface area contributed by atoms with Gasteiger partial charge in [0.1, 0.15) is 0 Å². The average Bonchev–Trinajstić information content (AvgIpc) is 2.49. The fourth-order valence-electron chi connectivity index (χ4n) is 2.42. The van der Waals surface area contributed by atoms with Crippen LogP contribution in [0.4, 0.5) is 4.39 Å². The highest BCUT2D eigenvalue weighted by Crippen LogP contribution is 2.22. The van der Waals surface area contributed by atoms with E-state index in [1.807, 2.05) is 18.2 Å². The van der Waals surface area contributed by atoms with Crippen LogP contribution < -0.4 is 0 Å². The van der Waals surface area contributed by atoms with E-state index in [4.69, 9.17) is 11.6 Å². The topological polar surface area (TPSA) is 33.2 Å². The van der Waals surface area contributed by atoms with E-state index in [9.17, 15) is 9.18 Å². The summed E-state index contributed by atoms with van der Waals surface area (Å²) in [5.41, 5.74) is 2.32. The molecule has 0 spiro atoms. The lowest BCUT2D eigenvalue weighted by Crippen LogP contribution is -2.36. The highest BCUT2D eigenvalue weighted by molar-refractivity contribution is 6.29. The van der Waals surface area contributed by atoms with Gasteiger partial charge in [-0.3, -0.25) is 4.79 Å². The molecule has 2 heterocycles. The lowest BCUT2D eigenvalue weighted by molar-refractivity contribution is 0.0729. The van der Waals surface area contributed by atoms with Crippen LogP contribution in [0.3, 0.4) is 0 Å². The second-order valence-electron chi connectivity index (χ2n) is 4.71. The van der Waals surface area contributed by atoms with E-state index in [1.165, 1.54) is 17.8 Å². The van der Waals surface area contributed by atoms with Crippen molar-refractivity contribution in [1.29, 1.82) is 0 Å². The van der Waals surface area contributed by atoms with Gasteiger partial charge in [-0.2, -0.15) is 0 Å². The molecule has 3 rings (SSSR count). The van der Waals surface area contributed by atoms with Gasteiger partial charge in [0.15, 0.2) is 11.0 Å². The Kier molecular flexibility index (Phi) is 3.40. The molecule has 0 saturated carbocycles. The van der Waals surface area contributed by atoms with Crippen LogP contribution in [-0.2, 0) is 13.0 Å². The van der Waals surface area contributed by atoms with Crippen LogP contribution >= 0.6 is 11.6 Å². The van der Waals surface area contributed by atoms with Gasteiger partial charge in [-0.1, -0.05) is 35.9 Å². The van der Waals surface area contributed by atoms with Crippen molar-refractivity contribution in [3.63, 3.8) is 0 Å². The second kappa shape index (κ2) is 5.21. The Morgan fingerprint density at radius 2 is 2.00 bits per heavy atom. The number of carbonyl (C=O) groups is 1. The van der Waals surface area contributed by atoms with Crippen molar-refractivity contribution in [2.45, 2.75) is 13.0 Å². The average molecular weight is 291 g/mol. The SMILES string of the molecule is O=C(c1ccnc(Cl)c1F)N1CCc2ccccc2C1. The third kappa shape index (κ3) is 2.27. The molecule has 0 atom stereocenters. The molecule has 102 valence electrons. The van der Waals surface area contributed by atoms with Gasteiger partial charge in [0.05, 0.1) is 5.56 Å². The van der Waals surface area contributed by atoms with Crippen molar-refractivity contribution in [2.75, 3.05) is 6.54 Å². The quantitative estimate of drug-likeness (QED) is 0.756. The molecule has 3 nitrogen and oxygen atoms in total. The predicted molar refractivity (Wildman–Crippen MR) is 74.1 cm³/mol. The standard InChI is InChI=1S/C15H12ClFN2O/c16-14-13(17)12(5-7-18-14)15(20)19-8-6-10-3-1-2-4-11(10)9-19/h1-5,7H,6,8-9H2. The Morgan fingerprint density at radius 1 is 1.25 bits per heavy atom. The molecule has 5 heteroatoms. The molecule has 1 aliphatic rings. The highest BCUT2D eigenvalue weighted by Gasteiger charge is 2.24. The molecule has 1 amide bonds. The predicted octanol–water partition coefficient (Wildman–Crippen LogP) is 3.07. The van der Waals surface area contributed by atoms with E-state index in [1.54, 1.807) is 4.90 Å². The first-order valence-corrected chi connectivity index (χ1v) is 6.70. The van der Waals surface area contributed by atoms with Gasteiger partial charge in [0, 0.05) is 19.3 Å². The third-order valence-corrected chi connectivity index (χ3v) is 3.76. The van der Waals surface area contributed by atoms with Crippen LogP contribution in [0.1, 0.15) is 21.5 Å². The Labute approximate surface area is 121 Å². The van der Waals surface area contributed by atoms with Crippen molar-refractivity contribution in [3.8, 4) is 0 Å². The number of fused-ring (bicyclic) bond motifs is 1. The number of aromatic nitrogens is 1. The maximum Gasteiger partial charge on any atom is 0.257 e. The molecule has 0 radical (unpaired) electrons. The van der Waals surface area contributed by atoms with Gasteiger partial charge in [-0.05, 0) is 23.6 Å². The Hall–Kier alpha value is -1.94. The number of rotatable bonds is 1. The lowest BCUT2D eigenvalue weighted by atomic mass is 9.99. The number of nitrogens with zero attached hydrogens (tertiary/aromatic N) is 2. The van der Waals surface area contributed by atoms with E-state index < -0.39 is 5.82 Å². The molecule has 2 aromatic rings. The zero-order valence-electron chi connectivity index (χ0n) is 10.6. The zero-order valence-corrected chi connectivity index (χ0v) is 11.4. The van der Waals surface area contributed by atoms with Gasteiger partial charge < -0.3 is 4.90 Å². The second-order valence-corrected chi connectivity index (χ2v) is 5.07. The summed E-state index contributed by atoms with van der Waals surface area (Å²) in [5, 5.41) is -0.270. The Morgan fingerprint density at radius 3 is 2.80 bits per heavy atom. The number of hydrogen-bond donors (Lipinski definition) is 0. The minimum Gasteiger partial charge on any atom is -0.334 e. The summed E-state index contributed by atoms with van der Waals surface area (Å²) < 4.78 is 13.9. The van der Waals surface area contributed by atoms with Crippen molar-refractivity contribution >= 4 is 17.5 Å². The molecule has 1 aromatic carbocycles. The van der Waals surface area contributed by atoms with Crippen LogP contribution in [0.25, 0.3) is 0 Å². The molecule has 0 unspecified atom stereocenters. The van der Waals surface area contributed by atoms with Crippen molar-refractivity contribution in [3.05, 3.63) is 64.2 Å². The number of benzene rings is 1. The van der Waals surface area contributed by atoms with Crippen LogP contribution in [-0.4, -0.2) is 22.3 Å². The van der Waals surface area contributed by atoms with Crippen molar-refractivity contribution in [1.82, 2.24) is 9.88 Å². The third-order valence-electron chi connectivity index (χ3n) is 3.49. The summed E-state index contributed by atoms with van der Waals surface area (Å²) in [4.78, 5) is 17.6. The van der Waals surface area contributed by atoms with E-state index in [-0.39, 0.29) is 16.6 Å². The fourth-order valence-corrected chi connectivity index (χ4v) is 2.58. The smallest absolute Gasteiger partial charge is 0.257 e. The van der Waals surface area contributed by atoms with Gasteiger partial charge >= 0.3 is 0 Å². The zero-order chi connectivity index (χ0) is 14.1. The summed E-state index contributed by atoms with van der Waals surface area (Å²) in [6, 6.07) is 9.34. The Bertz CT molecular complexity index is 675. The molecular weight excluding hydrogens is 279 g/mol.